The van der Waals surface area contributed by atoms with E-state index in [9.17, 15) is 4.79 Å². The molecular formula is C9H19ClN9O2P. The zero-order valence-corrected chi connectivity index (χ0v) is 13.4. The number of nitrogen functional groups attached to an aromatic ring is 2. The Bertz CT molecular complexity index is 449. The summed E-state index contributed by atoms with van der Waals surface area (Å²) >= 11 is 5.39. The predicted octanol–water partition coefficient (Wildman–Crippen LogP) is -0.563. The molecule has 0 fully saturated rings. The second kappa shape index (κ2) is 12.7. The number of carboxylic acids is 1. The average molecular weight is 352 g/mol. The summed E-state index contributed by atoms with van der Waals surface area (Å²) < 4.78 is 0. The molecule has 2 heterocycles. The summed E-state index contributed by atoms with van der Waals surface area (Å²) in [4.78, 5) is 17.2. The van der Waals surface area contributed by atoms with Gasteiger partial charge >= 0.3 is 5.97 Å². The molecule has 0 aliphatic heterocycles. The maximum absolute atomic E-state index is 10.1. The normalized spacial score (nSPS) is 11.2. The number of nitrogens with zero attached hydrogens (tertiary/aromatic N) is 4. The number of carbonyl (C=O) groups is 1. The first kappa shape index (κ1) is 20.0. The predicted molar refractivity (Wildman–Crippen MR) is 85.7 cm³/mol. The molecule has 0 amide bonds. The lowest BCUT2D eigenvalue weighted by Gasteiger charge is -2.03. The molecule has 9 N–H and O–H groups in total. The van der Waals surface area contributed by atoms with Gasteiger partial charge in [0, 0.05) is 5.62 Å². The Morgan fingerprint density at radius 2 is 1.77 bits per heavy atom. The summed E-state index contributed by atoms with van der Waals surface area (Å²) in [6, 6.07) is -0.712. The molecular weight excluding hydrogens is 333 g/mol. The molecule has 0 saturated carbocycles. The molecule has 0 radical (unpaired) electrons. The summed E-state index contributed by atoms with van der Waals surface area (Å²) in [7, 11) is 0.622. The van der Waals surface area contributed by atoms with Gasteiger partial charge in [0.25, 0.3) is 0 Å². The van der Waals surface area contributed by atoms with Crippen LogP contribution in [0.25, 0.3) is 0 Å². The number of nitrogens with one attached hydrogen (secondary N) is 2. The van der Waals surface area contributed by atoms with Gasteiger partial charge in [-0.3, -0.25) is 15.0 Å². The van der Waals surface area contributed by atoms with Gasteiger partial charge in [-0.05, 0) is 12.6 Å². The molecule has 0 saturated heterocycles. The summed E-state index contributed by atoms with van der Waals surface area (Å²) in [5.41, 5.74) is 15.9. The maximum atomic E-state index is 10.1. The lowest BCUT2D eigenvalue weighted by molar-refractivity contribution is -0.138. The minimum Gasteiger partial charge on any atom is -0.480 e. The highest BCUT2D eigenvalue weighted by Crippen LogP contribution is 2.13. The second-order valence-corrected chi connectivity index (χ2v) is 5.65. The molecule has 2 atom stereocenters. The summed E-state index contributed by atoms with van der Waals surface area (Å²) in [6.07, 6.45) is 4.20. The molecule has 0 aliphatic carbocycles. The van der Waals surface area contributed by atoms with Crippen LogP contribution < -0.4 is 17.2 Å². The van der Waals surface area contributed by atoms with Gasteiger partial charge in [0.1, 0.15) is 18.7 Å². The van der Waals surface area contributed by atoms with Crippen molar-refractivity contribution in [3.63, 3.8) is 0 Å². The fourth-order valence-corrected chi connectivity index (χ4v) is 1.94. The van der Waals surface area contributed by atoms with Crippen molar-refractivity contribution in [2.24, 2.45) is 5.73 Å². The lowest BCUT2D eigenvalue weighted by Crippen LogP contribution is -2.30. The number of nitrogens with two attached hydrogens (primary N) is 3. The number of hydrogen-bond donors (Lipinski definition) is 6. The monoisotopic (exact) mass is 351 g/mol. The van der Waals surface area contributed by atoms with E-state index in [4.69, 9.17) is 33.9 Å². The molecule has 0 bridgehead atoms. The molecule has 11 nitrogen and oxygen atoms in total. The fourth-order valence-electron chi connectivity index (χ4n) is 0.886. The minimum absolute atomic E-state index is 0.287. The van der Waals surface area contributed by atoms with Crippen LogP contribution in [-0.2, 0) is 4.79 Å². The van der Waals surface area contributed by atoms with Crippen molar-refractivity contribution in [3.05, 3.63) is 12.7 Å². The average Bonchev–Trinajstić information content (AvgIpc) is 3.14. The zero-order valence-electron chi connectivity index (χ0n) is 11.6. The summed E-state index contributed by atoms with van der Waals surface area (Å²) in [5.74, 6) is -0.357. The number of halogens is 1. The van der Waals surface area contributed by atoms with Crippen LogP contribution in [0.4, 0.5) is 11.9 Å². The standard InChI is InChI=1S/C5H11ClNO2P.2C2H4N4/c6-3-10-2-1-4(7)5(8)9;2*3-2-4-1-5-6-2/h4,10H,1-3,7H2,(H,8,9);2*1H,(H3,3,4,5,6). The van der Waals surface area contributed by atoms with E-state index < -0.39 is 12.0 Å². The van der Waals surface area contributed by atoms with Gasteiger partial charge in [0.2, 0.25) is 11.9 Å². The van der Waals surface area contributed by atoms with Crippen LogP contribution in [0.3, 0.4) is 0 Å². The van der Waals surface area contributed by atoms with Gasteiger partial charge in [-0.25, -0.2) is 9.97 Å². The number of aliphatic carboxylic acids is 1. The van der Waals surface area contributed by atoms with E-state index in [1.165, 1.54) is 12.7 Å². The SMILES string of the molecule is NC(CCPCCl)C(=O)O.Nc1nc[nH]n1.Nc1nc[nH]n1. The number of aromatic amines is 2. The topological polar surface area (TPSA) is 199 Å². The Hall–Kier alpha value is -1.97. The lowest BCUT2D eigenvalue weighted by atomic mass is 10.2. The van der Waals surface area contributed by atoms with Gasteiger partial charge in [0.05, 0.1) is 0 Å². The van der Waals surface area contributed by atoms with Crippen molar-refractivity contribution in [2.45, 2.75) is 12.5 Å². The summed E-state index contributed by atoms with van der Waals surface area (Å²) in [5, 5.41) is 20.1. The minimum atomic E-state index is -0.931. The smallest absolute Gasteiger partial charge is 0.320 e. The highest BCUT2D eigenvalue weighted by Gasteiger charge is 2.09. The number of alkyl halides is 1. The Morgan fingerprint density at radius 1 is 1.27 bits per heavy atom. The Morgan fingerprint density at radius 3 is 2.00 bits per heavy atom. The van der Waals surface area contributed by atoms with E-state index in [0.717, 1.165) is 6.16 Å². The Balaban J connectivity index is 0.000000315. The van der Waals surface area contributed by atoms with E-state index in [1.54, 1.807) is 0 Å². The van der Waals surface area contributed by atoms with E-state index in [2.05, 4.69) is 30.4 Å². The Kier molecular flexibility index (Phi) is 11.6. The van der Waals surface area contributed by atoms with Gasteiger partial charge < -0.3 is 22.3 Å². The Labute approximate surface area is 133 Å². The quantitative estimate of drug-likeness (QED) is 0.232. The van der Waals surface area contributed by atoms with Crippen LogP contribution in [0.2, 0.25) is 0 Å². The number of H-pyrrole nitrogens is 2. The van der Waals surface area contributed by atoms with Crippen LogP contribution >= 0.6 is 20.2 Å². The number of aromatic nitrogens is 6. The molecule has 2 rings (SSSR count). The number of rotatable bonds is 5. The zero-order chi connectivity index (χ0) is 16.8. The third-order valence-electron chi connectivity index (χ3n) is 1.91. The van der Waals surface area contributed by atoms with Crippen LogP contribution in [-0.4, -0.2) is 59.3 Å². The highest BCUT2D eigenvalue weighted by atomic mass is 35.5. The molecule has 2 aromatic rings. The molecule has 0 aliphatic rings. The van der Waals surface area contributed by atoms with Gasteiger partial charge in [-0.1, -0.05) is 0 Å². The first-order valence-corrected chi connectivity index (χ1v) is 7.89. The van der Waals surface area contributed by atoms with Crippen molar-refractivity contribution >= 4 is 38.0 Å². The fraction of sp³-hybridized carbons (Fsp3) is 0.444. The molecule has 22 heavy (non-hydrogen) atoms. The van der Waals surface area contributed by atoms with E-state index >= 15 is 0 Å². The molecule has 0 aromatic carbocycles. The van der Waals surface area contributed by atoms with Crippen molar-refractivity contribution in [3.8, 4) is 0 Å². The molecule has 0 spiro atoms. The van der Waals surface area contributed by atoms with Crippen molar-refractivity contribution in [2.75, 3.05) is 23.3 Å². The number of hydrogen-bond acceptors (Lipinski definition) is 8. The molecule has 2 aromatic heterocycles. The van der Waals surface area contributed by atoms with Crippen molar-refractivity contribution < 1.29 is 9.90 Å². The van der Waals surface area contributed by atoms with Crippen LogP contribution in [0, 0.1) is 0 Å². The number of anilines is 2. The van der Waals surface area contributed by atoms with Gasteiger partial charge in [0.15, 0.2) is 0 Å². The van der Waals surface area contributed by atoms with E-state index in [-0.39, 0.29) is 11.9 Å². The van der Waals surface area contributed by atoms with Crippen molar-refractivity contribution in [1.82, 2.24) is 30.4 Å². The van der Waals surface area contributed by atoms with Gasteiger partial charge in [-0.15, -0.1) is 30.4 Å². The first-order chi connectivity index (χ1) is 10.5. The third-order valence-corrected chi connectivity index (χ3v) is 3.31. The third kappa shape index (κ3) is 11.8. The highest BCUT2D eigenvalue weighted by molar-refractivity contribution is 7.40. The van der Waals surface area contributed by atoms with Crippen molar-refractivity contribution in [1.29, 1.82) is 0 Å². The maximum Gasteiger partial charge on any atom is 0.320 e. The van der Waals surface area contributed by atoms with Crippen LogP contribution in [0.5, 0.6) is 0 Å². The molecule has 124 valence electrons. The van der Waals surface area contributed by atoms with Crippen LogP contribution in [0.15, 0.2) is 12.7 Å². The second-order valence-electron chi connectivity index (χ2n) is 3.58. The van der Waals surface area contributed by atoms with E-state index in [0.29, 0.717) is 20.6 Å². The largest absolute Gasteiger partial charge is 0.480 e. The molecule has 13 heteroatoms. The van der Waals surface area contributed by atoms with Crippen LogP contribution in [0.1, 0.15) is 6.42 Å². The van der Waals surface area contributed by atoms with E-state index in [1.807, 2.05) is 0 Å². The summed E-state index contributed by atoms with van der Waals surface area (Å²) in [6.45, 7) is 0. The first-order valence-electron chi connectivity index (χ1n) is 5.95. The molecule has 2 unspecified atom stereocenters. The van der Waals surface area contributed by atoms with Gasteiger partial charge in [-0.2, -0.15) is 0 Å². The number of carboxylic acid groups (broad SMARTS) is 1.